The minimum absolute atomic E-state index is 0.995. The van der Waals surface area contributed by atoms with Gasteiger partial charge in [0.2, 0.25) is 0 Å². The Morgan fingerprint density at radius 2 is 2.30 bits per heavy atom. The minimum Gasteiger partial charge on any atom is -0.103 e. The quantitative estimate of drug-likeness (QED) is 0.524. The molecule has 1 fully saturated rings. The first-order valence-electron chi connectivity index (χ1n) is 4.44. The van der Waals surface area contributed by atoms with Gasteiger partial charge in [-0.2, -0.15) is 0 Å². The first kappa shape index (κ1) is 7.84. The molecule has 0 amide bonds. The van der Waals surface area contributed by atoms with Crippen LogP contribution in [0.1, 0.15) is 39.0 Å². The van der Waals surface area contributed by atoms with Gasteiger partial charge in [-0.25, -0.2) is 0 Å². The number of rotatable bonds is 3. The van der Waals surface area contributed by atoms with Gasteiger partial charge >= 0.3 is 0 Å². The van der Waals surface area contributed by atoms with Crippen molar-refractivity contribution in [2.45, 2.75) is 39.0 Å². The summed E-state index contributed by atoms with van der Waals surface area (Å²) in [5.41, 5.74) is 0. The van der Waals surface area contributed by atoms with Crippen LogP contribution in [-0.4, -0.2) is 0 Å². The molecule has 1 rings (SSSR count). The Kier molecular flexibility index (Phi) is 2.98. The number of allylic oxidation sites excluding steroid dienone is 1. The lowest BCUT2D eigenvalue weighted by atomic mass is 10.0. The van der Waals surface area contributed by atoms with Crippen molar-refractivity contribution < 1.29 is 0 Å². The highest BCUT2D eigenvalue weighted by atomic mass is 14.3. The first-order valence-corrected chi connectivity index (χ1v) is 4.44. The van der Waals surface area contributed by atoms with Crippen LogP contribution in [-0.2, 0) is 0 Å². The van der Waals surface area contributed by atoms with Crippen molar-refractivity contribution in [3.05, 3.63) is 12.7 Å². The van der Waals surface area contributed by atoms with Gasteiger partial charge in [0, 0.05) is 0 Å². The third kappa shape index (κ3) is 2.17. The highest BCUT2D eigenvalue weighted by Gasteiger charge is 2.19. The molecule has 0 unspecified atom stereocenters. The number of hydrogen-bond acceptors (Lipinski definition) is 0. The fourth-order valence-electron chi connectivity index (χ4n) is 1.94. The fourth-order valence-corrected chi connectivity index (χ4v) is 1.94. The summed E-state index contributed by atoms with van der Waals surface area (Å²) in [7, 11) is 0. The molecule has 1 saturated carbocycles. The van der Waals surface area contributed by atoms with Gasteiger partial charge < -0.3 is 0 Å². The Bertz CT molecular complexity index is 105. The van der Waals surface area contributed by atoms with E-state index in [2.05, 4.69) is 13.5 Å². The van der Waals surface area contributed by atoms with Gasteiger partial charge in [-0.15, -0.1) is 6.58 Å². The van der Waals surface area contributed by atoms with Crippen LogP contribution in [0, 0.1) is 11.8 Å². The molecule has 0 heteroatoms. The van der Waals surface area contributed by atoms with Gasteiger partial charge in [-0.1, -0.05) is 25.8 Å². The lowest BCUT2D eigenvalue weighted by Crippen LogP contribution is -1.92. The van der Waals surface area contributed by atoms with Crippen LogP contribution in [0.15, 0.2) is 12.7 Å². The maximum atomic E-state index is 3.74. The van der Waals surface area contributed by atoms with Crippen molar-refractivity contribution in [3.63, 3.8) is 0 Å². The Balaban J connectivity index is 2.12. The summed E-state index contributed by atoms with van der Waals surface area (Å²) >= 11 is 0. The van der Waals surface area contributed by atoms with Crippen molar-refractivity contribution in [2.24, 2.45) is 11.8 Å². The first-order chi connectivity index (χ1) is 4.83. The van der Waals surface area contributed by atoms with E-state index in [1.807, 2.05) is 6.08 Å². The van der Waals surface area contributed by atoms with Crippen LogP contribution in [0.2, 0.25) is 0 Å². The largest absolute Gasteiger partial charge is 0.103 e. The van der Waals surface area contributed by atoms with E-state index in [1.54, 1.807) is 0 Å². The molecule has 0 nitrogen and oxygen atoms in total. The van der Waals surface area contributed by atoms with Crippen molar-refractivity contribution in [3.8, 4) is 0 Å². The zero-order chi connectivity index (χ0) is 7.40. The standard InChI is InChI=1S/C10H18/c1-3-4-5-10-7-6-9(2)8-10/h3,9-10H,1,4-8H2,2H3/t9-,10+/m0/s1. The summed E-state index contributed by atoms with van der Waals surface area (Å²) in [4.78, 5) is 0. The molecule has 0 N–H and O–H groups in total. The minimum atomic E-state index is 0.995. The summed E-state index contributed by atoms with van der Waals surface area (Å²) in [6.45, 7) is 6.11. The second-order valence-corrected chi connectivity index (χ2v) is 3.65. The Morgan fingerprint density at radius 1 is 1.50 bits per heavy atom. The average Bonchev–Trinajstić information content (AvgIpc) is 2.31. The molecule has 0 spiro atoms. The van der Waals surface area contributed by atoms with Crippen LogP contribution < -0.4 is 0 Å². The SMILES string of the molecule is C=CCC[C@@H]1CC[C@H](C)C1. The highest BCUT2D eigenvalue weighted by molar-refractivity contribution is 4.76. The molecule has 2 atom stereocenters. The molecule has 0 bridgehead atoms. The third-order valence-corrected chi connectivity index (χ3v) is 2.58. The summed E-state index contributed by atoms with van der Waals surface area (Å²) in [6, 6.07) is 0. The number of hydrogen-bond donors (Lipinski definition) is 0. The third-order valence-electron chi connectivity index (χ3n) is 2.58. The summed E-state index contributed by atoms with van der Waals surface area (Å²) in [5.74, 6) is 2.02. The zero-order valence-corrected chi connectivity index (χ0v) is 6.97. The van der Waals surface area contributed by atoms with E-state index in [4.69, 9.17) is 0 Å². The molecule has 1 aliphatic rings. The van der Waals surface area contributed by atoms with E-state index >= 15 is 0 Å². The fraction of sp³-hybridized carbons (Fsp3) is 0.800. The van der Waals surface area contributed by atoms with Crippen molar-refractivity contribution in [1.82, 2.24) is 0 Å². The van der Waals surface area contributed by atoms with Crippen LogP contribution in [0.25, 0.3) is 0 Å². The van der Waals surface area contributed by atoms with Crippen molar-refractivity contribution in [1.29, 1.82) is 0 Å². The normalized spacial score (nSPS) is 32.5. The average molecular weight is 138 g/mol. The van der Waals surface area contributed by atoms with Gasteiger partial charge in [0.05, 0.1) is 0 Å². The van der Waals surface area contributed by atoms with Crippen LogP contribution in [0.3, 0.4) is 0 Å². The van der Waals surface area contributed by atoms with E-state index in [9.17, 15) is 0 Å². The Labute approximate surface area is 64.3 Å². The predicted octanol–water partition coefficient (Wildman–Crippen LogP) is 3.39. The van der Waals surface area contributed by atoms with Crippen LogP contribution in [0.4, 0.5) is 0 Å². The second-order valence-electron chi connectivity index (χ2n) is 3.65. The van der Waals surface area contributed by atoms with Crippen LogP contribution >= 0.6 is 0 Å². The Hall–Kier alpha value is -0.260. The smallest absolute Gasteiger partial charge is 0.0351 e. The zero-order valence-electron chi connectivity index (χ0n) is 6.97. The monoisotopic (exact) mass is 138 g/mol. The van der Waals surface area contributed by atoms with Crippen molar-refractivity contribution in [2.75, 3.05) is 0 Å². The molecular formula is C10H18. The van der Waals surface area contributed by atoms with Gasteiger partial charge in [0.25, 0.3) is 0 Å². The van der Waals surface area contributed by atoms with Gasteiger partial charge in [-0.05, 0) is 31.1 Å². The van der Waals surface area contributed by atoms with E-state index in [0.29, 0.717) is 0 Å². The molecule has 1 aliphatic carbocycles. The Morgan fingerprint density at radius 3 is 2.80 bits per heavy atom. The lowest BCUT2D eigenvalue weighted by molar-refractivity contribution is 0.484. The maximum absolute atomic E-state index is 3.74. The molecule has 0 aromatic carbocycles. The van der Waals surface area contributed by atoms with E-state index in [-0.39, 0.29) is 0 Å². The van der Waals surface area contributed by atoms with Crippen molar-refractivity contribution >= 4 is 0 Å². The molecule has 0 aromatic heterocycles. The highest BCUT2D eigenvalue weighted by Crippen LogP contribution is 2.33. The molecular weight excluding hydrogens is 120 g/mol. The van der Waals surface area contributed by atoms with E-state index in [0.717, 1.165) is 11.8 Å². The van der Waals surface area contributed by atoms with E-state index in [1.165, 1.54) is 32.1 Å². The molecule has 0 heterocycles. The van der Waals surface area contributed by atoms with Crippen LogP contribution in [0.5, 0.6) is 0 Å². The second kappa shape index (κ2) is 3.80. The topological polar surface area (TPSA) is 0 Å². The molecule has 0 radical (unpaired) electrons. The van der Waals surface area contributed by atoms with E-state index < -0.39 is 0 Å². The molecule has 0 aliphatic heterocycles. The summed E-state index contributed by atoms with van der Waals surface area (Å²) < 4.78 is 0. The molecule has 0 aromatic rings. The maximum Gasteiger partial charge on any atom is -0.0351 e. The predicted molar refractivity (Wildman–Crippen MR) is 45.9 cm³/mol. The molecule has 58 valence electrons. The lowest BCUT2D eigenvalue weighted by Gasteiger charge is -2.05. The molecule has 10 heavy (non-hydrogen) atoms. The van der Waals surface area contributed by atoms with Gasteiger partial charge in [0.1, 0.15) is 0 Å². The van der Waals surface area contributed by atoms with Gasteiger partial charge in [-0.3, -0.25) is 0 Å². The van der Waals surface area contributed by atoms with Gasteiger partial charge in [0.15, 0.2) is 0 Å². The summed E-state index contributed by atoms with van der Waals surface area (Å²) in [5, 5.41) is 0. The molecule has 0 saturated heterocycles. The summed E-state index contributed by atoms with van der Waals surface area (Å²) in [6.07, 6.45) is 9.04.